The van der Waals surface area contributed by atoms with E-state index in [1.165, 1.54) is 12.0 Å². The first-order valence-electron chi connectivity index (χ1n) is 6.95. The van der Waals surface area contributed by atoms with E-state index in [1.54, 1.807) is 7.11 Å². The molecule has 1 aliphatic carbocycles. The summed E-state index contributed by atoms with van der Waals surface area (Å²) in [7, 11) is 1.77. The fraction of sp³-hybridized carbons (Fsp3) is 0.533. The van der Waals surface area contributed by atoms with Crippen molar-refractivity contribution in [1.29, 1.82) is 0 Å². The molecule has 1 saturated carbocycles. The van der Waals surface area contributed by atoms with E-state index in [9.17, 15) is 4.79 Å². The third kappa shape index (κ3) is 4.21. The van der Waals surface area contributed by atoms with Crippen molar-refractivity contribution in [2.24, 2.45) is 5.73 Å². The van der Waals surface area contributed by atoms with E-state index >= 15 is 0 Å². The van der Waals surface area contributed by atoms with Gasteiger partial charge < -0.3 is 20.5 Å². The maximum atomic E-state index is 10.6. The molecule has 0 saturated heterocycles. The molecule has 0 heterocycles. The number of benzene rings is 1. The predicted molar refractivity (Wildman–Crippen MR) is 76.4 cm³/mol. The maximum absolute atomic E-state index is 10.6. The summed E-state index contributed by atoms with van der Waals surface area (Å²) in [6.07, 6.45) is 3.84. The third-order valence-electron chi connectivity index (χ3n) is 3.63. The molecular formula is C15H22N2O3. The summed E-state index contributed by atoms with van der Waals surface area (Å²) in [5, 5.41) is 3.53. The number of primary amides is 1. The Morgan fingerprint density at radius 1 is 1.35 bits per heavy atom. The Bertz CT molecular complexity index is 433. The highest BCUT2D eigenvalue weighted by Gasteiger charge is 2.26. The van der Waals surface area contributed by atoms with Crippen molar-refractivity contribution in [2.45, 2.75) is 38.0 Å². The summed E-state index contributed by atoms with van der Waals surface area (Å²) in [4.78, 5) is 10.6. The van der Waals surface area contributed by atoms with Crippen LogP contribution < -0.4 is 15.8 Å². The van der Waals surface area contributed by atoms with Crippen LogP contribution in [-0.4, -0.2) is 31.8 Å². The highest BCUT2D eigenvalue weighted by Crippen LogP contribution is 2.22. The molecule has 1 aliphatic rings. The van der Waals surface area contributed by atoms with Crippen LogP contribution in [0.25, 0.3) is 0 Å². The van der Waals surface area contributed by atoms with Gasteiger partial charge in [0.25, 0.3) is 5.91 Å². The third-order valence-corrected chi connectivity index (χ3v) is 3.63. The number of ether oxygens (including phenoxy) is 2. The van der Waals surface area contributed by atoms with Crippen LogP contribution in [0.1, 0.15) is 24.8 Å². The lowest BCUT2D eigenvalue weighted by Crippen LogP contribution is -2.36. The molecule has 5 heteroatoms. The number of hydrogen-bond donors (Lipinski definition) is 2. The summed E-state index contributed by atoms with van der Waals surface area (Å²) in [6, 6.07) is 8.11. The number of methoxy groups -OCH3 is 1. The quantitative estimate of drug-likeness (QED) is 0.786. The van der Waals surface area contributed by atoms with E-state index in [0.717, 1.165) is 19.4 Å². The Morgan fingerprint density at radius 2 is 2.10 bits per heavy atom. The Kier molecular flexibility index (Phi) is 5.38. The van der Waals surface area contributed by atoms with Crippen molar-refractivity contribution in [3.63, 3.8) is 0 Å². The second-order valence-electron chi connectivity index (χ2n) is 5.09. The van der Waals surface area contributed by atoms with Gasteiger partial charge in [0, 0.05) is 19.7 Å². The fourth-order valence-corrected chi connectivity index (χ4v) is 2.55. The van der Waals surface area contributed by atoms with Gasteiger partial charge in [0.15, 0.2) is 6.61 Å². The van der Waals surface area contributed by atoms with Crippen LogP contribution in [0.2, 0.25) is 0 Å². The minimum absolute atomic E-state index is 0.0881. The van der Waals surface area contributed by atoms with E-state index in [1.807, 2.05) is 24.3 Å². The second kappa shape index (κ2) is 7.26. The minimum Gasteiger partial charge on any atom is -0.484 e. The highest BCUT2D eigenvalue weighted by molar-refractivity contribution is 5.75. The van der Waals surface area contributed by atoms with E-state index in [2.05, 4.69) is 5.32 Å². The average Bonchev–Trinajstić information content (AvgIpc) is 2.91. The molecule has 0 aliphatic heterocycles. The molecule has 110 valence electrons. The van der Waals surface area contributed by atoms with Crippen LogP contribution in [0.5, 0.6) is 5.75 Å². The lowest BCUT2D eigenvalue weighted by molar-refractivity contribution is -0.119. The largest absolute Gasteiger partial charge is 0.484 e. The molecule has 1 amide bonds. The predicted octanol–water partition coefficient (Wildman–Crippen LogP) is 1.21. The molecule has 0 radical (unpaired) electrons. The lowest BCUT2D eigenvalue weighted by atomic mass is 10.1. The molecule has 0 bridgehead atoms. The topological polar surface area (TPSA) is 73.6 Å². The smallest absolute Gasteiger partial charge is 0.255 e. The molecule has 0 spiro atoms. The summed E-state index contributed by atoms with van der Waals surface area (Å²) in [6.45, 7) is 0.718. The first-order valence-corrected chi connectivity index (χ1v) is 6.95. The van der Waals surface area contributed by atoms with Crippen molar-refractivity contribution in [1.82, 2.24) is 5.32 Å². The van der Waals surface area contributed by atoms with E-state index in [-0.39, 0.29) is 6.61 Å². The molecular weight excluding hydrogens is 256 g/mol. The molecule has 3 N–H and O–H groups in total. The van der Waals surface area contributed by atoms with Crippen LogP contribution in [0.4, 0.5) is 0 Å². The molecule has 2 atom stereocenters. The zero-order valence-corrected chi connectivity index (χ0v) is 11.8. The number of nitrogens with two attached hydrogens (primary N) is 1. The minimum atomic E-state index is -0.470. The molecule has 1 aromatic carbocycles. The van der Waals surface area contributed by atoms with Crippen LogP contribution in [-0.2, 0) is 16.1 Å². The van der Waals surface area contributed by atoms with Gasteiger partial charge in [-0.25, -0.2) is 0 Å². The summed E-state index contributed by atoms with van der Waals surface area (Å²) >= 11 is 0. The van der Waals surface area contributed by atoms with Gasteiger partial charge in [-0.1, -0.05) is 12.1 Å². The average molecular weight is 278 g/mol. The standard InChI is InChI=1S/C15H22N2O3/c1-19-14-4-2-3-13(14)17-9-11-5-7-12(8-6-11)20-10-15(16)18/h5-8,13-14,17H,2-4,9-10H2,1H3,(H2,16,18). The first-order chi connectivity index (χ1) is 9.69. The maximum Gasteiger partial charge on any atom is 0.255 e. The molecule has 1 aromatic rings. The van der Waals surface area contributed by atoms with Crippen LogP contribution in [0.15, 0.2) is 24.3 Å². The molecule has 2 unspecified atom stereocenters. The molecule has 0 aromatic heterocycles. The van der Waals surface area contributed by atoms with E-state index < -0.39 is 5.91 Å². The van der Waals surface area contributed by atoms with Gasteiger partial charge in [-0.2, -0.15) is 0 Å². The normalized spacial score (nSPS) is 21.9. The van der Waals surface area contributed by atoms with Crippen molar-refractivity contribution in [2.75, 3.05) is 13.7 Å². The van der Waals surface area contributed by atoms with Crippen molar-refractivity contribution in [3.8, 4) is 5.75 Å². The van der Waals surface area contributed by atoms with Gasteiger partial charge >= 0.3 is 0 Å². The lowest BCUT2D eigenvalue weighted by Gasteiger charge is -2.19. The number of nitrogens with one attached hydrogen (secondary N) is 1. The van der Waals surface area contributed by atoms with Gasteiger partial charge in [-0.3, -0.25) is 4.79 Å². The first kappa shape index (κ1) is 14.8. The fourth-order valence-electron chi connectivity index (χ4n) is 2.55. The summed E-state index contributed by atoms with van der Waals surface area (Å²) in [5.41, 5.74) is 6.21. The van der Waals surface area contributed by atoms with Crippen LogP contribution >= 0.6 is 0 Å². The Balaban J connectivity index is 1.80. The molecule has 1 fully saturated rings. The van der Waals surface area contributed by atoms with Gasteiger partial charge in [-0.05, 0) is 37.0 Å². The van der Waals surface area contributed by atoms with Crippen LogP contribution in [0, 0.1) is 0 Å². The van der Waals surface area contributed by atoms with Crippen LogP contribution in [0.3, 0.4) is 0 Å². The Morgan fingerprint density at radius 3 is 2.75 bits per heavy atom. The number of amides is 1. The molecule has 5 nitrogen and oxygen atoms in total. The zero-order valence-electron chi connectivity index (χ0n) is 11.8. The van der Waals surface area contributed by atoms with Crippen molar-refractivity contribution >= 4 is 5.91 Å². The Labute approximate surface area is 119 Å². The van der Waals surface area contributed by atoms with E-state index in [4.69, 9.17) is 15.2 Å². The summed E-state index contributed by atoms with van der Waals surface area (Å²) in [5.74, 6) is 0.186. The van der Waals surface area contributed by atoms with Crippen molar-refractivity contribution < 1.29 is 14.3 Å². The van der Waals surface area contributed by atoms with Gasteiger partial charge in [0.05, 0.1) is 6.10 Å². The van der Waals surface area contributed by atoms with E-state index in [0.29, 0.717) is 17.9 Å². The number of rotatable bonds is 7. The van der Waals surface area contributed by atoms with Gasteiger partial charge in [0.2, 0.25) is 0 Å². The Hall–Kier alpha value is -1.59. The second-order valence-corrected chi connectivity index (χ2v) is 5.09. The number of carbonyl (C=O) groups excluding carboxylic acids is 1. The summed E-state index contributed by atoms with van der Waals surface area (Å²) < 4.78 is 10.7. The molecule has 20 heavy (non-hydrogen) atoms. The number of hydrogen-bond acceptors (Lipinski definition) is 4. The monoisotopic (exact) mass is 278 g/mol. The number of carbonyl (C=O) groups is 1. The highest BCUT2D eigenvalue weighted by atomic mass is 16.5. The van der Waals surface area contributed by atoms with Gasteiger partial charge in [-0.15, -0.1) is 0 Å². The molecule has 2 rings (SSSR count). The van der Waals surface area contributed by atoms with Gasteiger partial charge in [0.1, 0.15) is 5.75 Å². The van der Waals surface area contributed by atoms with Crippen molar-refractivity contribution in [3.05, 3.63) is 29.8 Å². The SMILES string of the molecule is COC1CCCC1NCc1ccc(OCC(N)=O)cc1. The zero-order chi connectivity index (χ0) is 14.4.